The monoisotopic (exact) mass is 360 g/mol. The summed E-state index contributed by atoms with van der Waals surface area (Å²) in [5.41, 5.74) is 1.74. The number of carbonyl (C=O) groups is 2. The number of benzene rings is 1. The van der Waals surface area contributed by atoms with E-state index in [1.54, 1.807) is 0 Å². The highest BCUT2D eigenvalue weighted by molar-refractivity contribution is 5.90. The van der Waals surface area contributed by atoms with Crippen LogP contribution in [0.3, 0.4) is 0 Å². The first kappa shape index (κ1) is 18.8. The van der Waals surface area contributed by atoms with E-state index in [0.717, 1.165) is 63.5 Å². The quantitative estimate of drug-likeness (QED) is 0.667. The van der Waals surface area contributed by atoms with Crippen LogP contribution in [0.5, 0.6) is 0 Å². The number of anilines is 1. The van der Waals surface area contributed by atoms with Gasteiger partial charge in [-0.3, -0.25) is 14.5 Å². The first-order chi connectivity index (χ1) is 12.7. The van der Waals surface area contributed by atoms with Crippen molar-refractivity contribution >= 4 is 17.5 Å². The molecule has 1 aromatic rings. The van der Waals surface area contributed by atoms with Gasteiger partial charge in [0.05, 0.1) is 19.3 Å². The van der Waals surface area contributed by atoms with E-state index in [-0.39, 0.29) is 17.9 Å². The molecule has 2 heterocycles. The van der Waals surface area contributed by atoms with E-state index in [9.17, 15) is 9.59 Å². The molecular weight excluding hydrogens is 332 g/mol. The van der Waals surface area contributed by atoms with Crippen LogP contribution in [0.4, 0.5) is 5.69 Å². The predicted octanol–water partition coefficient (Wildman–Crippen LogP) is 0.716. The van der Waals surface area contributed by atoms with Crippen molar-refractivity contribution in [2.24, 2.45) is 0 Å². The molecule has 2 fully saturated rings. The largest absolute Gasteiger partial charge is 0.379 e. The van der Waals surface area contributed by atoms with E-state index in [0.29, 0.717) is 13.0 Å². The molecule has 0 aliphatic carbocycles. The zero-order valence-corrected chi connectivity index (χ0v) is 15.1. The first-order valence-corrected chi connectivity index (χ1v) is 9.41. The number of hydrogen-bond acceptors (Lipinski definition) is 5. The maximum absolute atomic E-state index is 12.2. The fraction of sp³-hybridized carbons (Fsp3) is 0.579. The van der Waals surface area contributed by atoms with Crippen molar-refractivity contribution < 1.29 is 14.3 Å². The van der Waals surface area contributed by atoms with Crippen LogP contribution in [-0.4, -0.2) is 62.1 Å². The lowest BCUT2D eigenvalue weighted by Crippen LogP contribution is -2.40. The molecule has 1 atom stereocenters. The molecule has 2 aliphatic rings. The zero-order valence-electron chi connectivity index (χ0n) is 15.1. The Bertz CT molecular complexity index is 611. The number of amides is 2. The van der Waals surface area contributed by atoms with Gasteiger partial charge >= 0.3 is 0 Å². The summed E-state index contributed by atoms with van der Waals surface area (Å²) in [7, 11) is 0. The number of morpholine rings is 1. The Kier molecular flexibility index (Phi) is 6.99. The molecule has 2 aliphatic heterocycles. The van der Waals surface area contributed by atoms with Gasteiger partial charge in [-0.1, -0.05) is 12.1 Å². The Morgan fingerprint density at radius 1 is 1.27 bits per heavy atom. The molecule has 142 valence electrons. The van der Waals surface area contributed by atoms with Gasteiger partial charge < -0.3 is 20.7 Å². The molecule has 0 saturated carbocycles. The fourth-order valence-corrected chi connectivity index (χ4v) is 3.29. The van der Waals surface area contributed by atoms with Crippen LogP contribution in [0.2, 0.25) is 0 Å². The molecule has 7 heteroatoms. The summed E-state index contributed by atoms with van der Waals surface area (Å²) in [6.45, 7) is 5.38. The number of ether oxygens (including phenoxy) is 1. The Morgan fingerprint density at radius 2 is 2.12 bits per heavy atom. The van der Waals surface area contributed by atoms with Crippen molar-refractivity contribution in [1.29, 1.82) is 0 Å². The molecule has 0 aromatic heterocycles. The van der Waals surface area contributed by atoms with Crippen LogP contribution in [0, 0.1) is 0 Å². The van der Waals surface area contributed by atoms with Gasteiger partial charge in [0, 0.05) is 38.3 Å². The van der Waals surface area contributed by atoms with Gasteiger partial charge in [0.25, 0.3) is 0 Å². The first-order valence-electron chi connectivity index (χ1n) is 9.41. The van der Waals surface area contributed by atoms with Gasteiger partial charge in [-0.2, -0.15) is 0 Å². The highest BCUT2D eigenvalue weighted by atomic mass is 16.5. The maximum atomic E-state index is 12.2. The van der Waals surface area contributed by atoms with Crippen molar-refractivity contribution in [3.05, 3.63) is 29.8 Å². The van der Waals surface area contributed by atoms with Gasteiger partial charge in [-0.15, -0.1) is 0 Å². The van der Waals surface area contributed by atoms with Crippen molar-refractivity contribution in [2.75, 3.05) is 44.7 Å². The number of carbonyl (C=O) groups excluding carboxylic acids is 2. The third kappa shape index (κ3) is 5.79. The minimum absolute atomic E-state index is 0.00725. The van der Waals surface area contributed by atoms with E-state index in [1.807, 2.05) is 24.3 Å². The lowest BCUT2D eigenvalue weighted by atomic mass is 10.1. The minimum Gasteiger partial charge on any atom is -0.379 e. The van der Waals surface area contributed by atoms with Gasteiger partial charge in [0.15, 0.2) is 0 Å². The molecule has 0 bridgehead atoms. The molecular formula is C19H28N4O3. The Hall–Kier alpha value is -1.96. The molecule has 7 nitrogen and oxygen atoms in total. The average Bonchev–Trinajstić information content (AvgIpc) is 3.20. The van der Waals surface area contributed by atoms with Gasteiger partial charge in [0.1, 0.15) is 0 Å². The highest BCUT2D eigenvalue weighted by Gasteiger charge is 2.21. The molecule has 2 amide bonds. The Morgan fingerprint density at radius 3 is 2.88 bits per heavy atom. The van der Waals surface area contributed by atoms with Gasteiger partial charge in [0.2, 0.25) is 11.8 Å². The predicted molar refractivity (Wildman–Crippen MR) is 99.8 cm³/mol. The van der Waals surface area contributed by atoms with E-state index in [2.05, 4.69) is 20.9 Å². The molecule has 1 unspecified atom stereocenters. The molecule has 3 rings (SSSR count). The van der Waals surface area contributed by atoms with Gasteiger partial charge in [-0.25, -0.2) is 0 Å². The summed E-state index contributed by atoms with van der Waals surface area (Å²) >= 11 is 0. The van der Waals surface area contributed by atoms with Crippen molar-refractivity contribution in [3.8, 4) is 0 Å². The summed E-state index contributed by atoms with van der Waals surface area (Å²) < 4.78 is 5.31. The second-order valence-electron chi connectivity index (χ2n) is 6.82. The fourth-order valence-electron chi connectivity index (χ4n) is 3.29. The molecule has 0 spiro atoms. The van der Waals surface area contributed by atoms with Crippen LogP contribution in [0.25, 0.3) is 0 Å². The van der Waals surface area contributed by atoms with E-state index in [4.69, 9.17) is 4.74 Å². The lowest BCUT2D eigenvalue weighted by Gasteiger charge is -2.26. The Labute approximate surface area is 154 Å². The maximum Gasteiger partial charge on any atom is 0.237 e. The van der Waals surface area contributed by atoms with E-state index in [1.165, 1.54) is 0 Å². The number of nitrogens with one attached hydrogen (secondary N) is 3. The number of rotatable bonds is 7. The highest BCUT2D eigenvalue weighted by Crippen LogP contribution is 2.12. The second kappa shape index (κ2) is 9.66. The zero-order chi connectivity index (χ0) is 18.2. The second-order valence-corrected chi connectivity index (χ2v) is 6.82. The van der Waals surface area contributed by atoms with Crippen LogP contribution in [0.15, 0.2) is 24.3 Å². The van der Waals surface area contributed by atoms with Gasteiger partial charge in [-0.05, 0) is 37.1 Å². The van der Waals surface area contributed by atoms with Crippen molar-refractivity contribution in [2.45, 2.75) is 31.8 Å². The smallest absolute Gasteiger partial charge is 0.237 e. The minimum atomic E-state index is -0.0712. The number of nitrogens with zero attached hydrogens (tertiary/aromatic N) is 1. The average molecular weight is 360 g/mol. The molecule has 2 saturated heterocycles. The normalized spacial score (nSPS) is 20.7. The molecule has 0 radical (unpaired) electrons. The Balaban J connectivity index is 1.42. The van der Waals surface area contributed by atoms with Crippen molar-refractivity contribution in [3.63, 3.8) is 0 Å². The summed E-state index contributed by atoms with van der Waals surface area (Å²) in [6.07, 6.45) is 2.41. The van der Waals surface area contributed by atoms with Crippen LogP contribution >= 0.6 is 0 Å². The van der Waals surface area contributed by atoms with Crippen LogP contribution in [-0.2, 0) is 20.9 Å². The molecule has 26 heavy (non-hydrogen) atoms. The third-order valence-corrected chi connectivity index (χ3v) is 4.81. The van der Waals surface area contributed by atoms with Crippen LogP contribution < -0.4 is 16.0 Å². The SMILES string of the molecule is O=C(CCN1CCOCC1)Nc1cccc(CNC(=O)C2CCCN2)c1. The standard InChI is InChI=1S/C19H28N4O3/c24-18(6-8-23-9-11-26-12-10-23)22-16-4-1-3-15(13-16)14-21-19(25)17-5-2-7-20-17/h1,3-4,13,17,20H,2,5-12,14H2,(H,21,25)(H,22,24). The topological polar surface area (TPSA) is 82.7 Å². The van der Waals surface area contributed by atoms with Crippen LogP contribution in [0.1, 0.15) is 24.8 Å². The summed E-state index contributed by atoms with van der Waals surface area (Å²) in [6, 6.07) is 7.56. The summed E-state index contributed by atoms with van der Waals surface area (Å²) in [4.78, 5) is 26.5. The van der Waals surface area contributed by atoms with E-state index < -0.39 is 0 Å². The lowest BCUT2D eigenvalue weighted by molar-refractivity contribution is -0.123. The van der Waals surface area contributed by atoms with Crippen molar-refractivity contribution in [1.82, 2.24) is 15.5 Å². The molecule has 3 N–H and O–H groups in total. The molecule has 1 aromatic carbocycles. The summed E-state index contributed by atoms with van der Waals surface area (Å²) in [5, 5.41) is 9.09. The van der Waals surface area contributed by atoms with E-state index >= 15 is 0 Å². The third-order valence-electron chi connectivity index (χ3n) is 4.81. The number of hydrogen-bond donors (Lipinski definition) is 3. The summed E-state index contributed by atoms with van der Waals surface area (Å²) in [5.74, 6) is 0.0512.